The lowest BCUT2D eigenvalue weighted by Crippen LogP contribution is -2.15. The third-order valence-electron chi connectivity index (χ3n) is 11.7. The van der Waals surface area contributed by atoms with Crippen LogP contribution in [0.4, 0.5) is 0 Å². The number of benzene rings is 9. The Morgan fingerprint density at radius 3 is 1.60 bits per heavy atom. The average molecular weight is 702 g/mol. The number of nitrogens with zero attached hydrogens (tertiary/aromatic N) is 3. The second-order valence-electron chi connectivity index (χ2n) is 15.2. The Labute approximate surface area is 320 Å². The van der Waals surface area contributed by atoms with E-state index in [1.165, 1.54) is 71.3 Å². The molecular weight excluding hydrogens is 667 g/mol. The van der Waals surface area contributed by atoms with Crippen LogP contribution in [0.2, 0.25) is 0 Å². The van der Waals surface area contributed by atoms with E-state index in [1.807, 2.05) is 24.3 Å². The minimum Gasteiger partial charge on any atom is -0.208 e. The van der Waals surface area contributed by atoms with E-state index in [0.717, 1.165) is 22.3 Å². The van der Waals surface area contributed by atoms with Gasteiger partial charge < -0.3 is 0 Å². The van der Waals surface area contributed by atoms with E-state index in [1.54, 1.807) is 0 Å². The predicted octanol–water partition coefficient (Wildman–Crippen LogP) is 13.4. The Hall–Kier alpha value is -6.97. The lowest BCUT2D eigenvalue weighted by atomic mass is 9.81. The first kappa shape index (κ1) is 31.5. The molecule has 0 fully saturated rings. The van der Waals surface area contributed by atoms with Crippen LogP contribution in [-0.2, 0) is 5.41 Å². The zero-order chi connectivity index (χ0) is 36.7. The first-order valence-corrected chi connectivity index (χ1v) is 18.9. The maximum atomic E-state index is 5.22. The van der Waals surface area contributed by atoms with Crippen molar-refractivity contribution in [3.63, 3.8) is 0 Å². The number of rotatable bonds is 5. The van der Waals surface area contributed by atoms with Crippen molar-refractivity contribution in [2.45, 2.75) is 19.3 Å². The molecule has 1 aromatic heterocycles. The summed E-state index contributed by atoms with van der Waals surface area (Å²) in [6, 6.07) is 63.1. The fourth-order valence-corrected chi connectivity index (χ4v) is 8.91. The molecule has 0 unspecified atom stereocenters. The molecule has 0 N–H and O–H groups in total. The highest BCUT2D eigenvalue weighted by Crippen LogP contribution is 2.53. The summed E-state index contributed by atoms with van der Waals surface area (Å²) in [5, 5.41) is 7.82. The molecule has 11 rings (SSSR count). The Bertz CT molecular complexity index is 3080. The summed E-state index contributed by atoms with van der Waals surface area (Å²) in [6.07, 6.45) is 0. The van der Waals surface area contributed by atoms with Crippen molar-refractivity contribution < 1.29 is 0 Å². The summed E-state index contributed by atoms with van der Waals surface area (Å²) in [5.74, 6) is 1.99. The van der Waals surface area contributed by atoms with E-state index < -0.39 is 0 Å². The zero-order valence-electron chi connectivity index (χ0n) is 30.6. The maximum Gasteiger partial charge on any atom is 0.164 e. The average Bonchev–Trinajstić information content (AvgIpc) is 3.48. The maximum absolute atomic E-state index is 5.22. The van der Waals surface area contributed by atoms with Crippen LogP contribution in [0.15, 0.2) is 176 Å². The number of hydrogen-bond acceptors (Lipinski definition) is 3. The van der Waals surface area contributed by atoms with Gasteiger partial charge in [0.15, 0.2) is 17.5 Å². The van der Waals surface area contributed by atoms with Gasteiger partial charge >= 0.3 is 0 Å². The molecule has 0 spiro atoms. The Morgan fingerprint density at radius 1 is 0.345 bits per heavy atom. The van der Waals surface area contributed by atoms with Gasteiger partial charge in [-0.05, 0) is 82.9 Å². The smallest absolute Gasteiger partial charge is 0.164 e. The molecule has 0 radical (unpaired) electrons. The molecule has 9 aromatic carbocycles. The monoisotopic (exact) mass is 701 g/mol. The van der Waals surface area contributed by atoms with Crippen molar-refractivity contribution in [3.05, 3.63) is 187 Å². The highest BCUT2D eigenvalue weighted by Gasteiger charge is 2.38. The van der Waals surface area contributed by atoms with Gasteiger partial charge in [0.25, 0.3) is 0 Å². The van der Waals surface area contributed by atoms with Gasteiger partial charge in [-0.15, -0.1) is 0 Å². The van der Waals surface area contributed by atoms with Gasteiger partial charge in [0, 0.05) is 22.1 Å². The molecule has 0 bridgehead atoms. The van der Waals surface area contributed by atoms with Gasteiger partial charge in [0.05, 0.1) is 0 Å². The molecule has 258 valence electrons. The first-order valence-electron chi connectivity index (χ1n) is 18.9. The van der Waals surface area contributed by atoms with Gasteiger partial charge in [-0.25, -0.2) is 15.0 Å². The van der Waals surface area contributed by atoms with Crippen LogP contribution >= 0.6 is 0 Å². The Balaban J connectivity index is 1.06. The molecule has 0 aliphatic heterocycles. The second kappa shape index (κ2) is 12.0. The fourth-order valence-electron chi connectivity index (χ4n) is 8.91. The van der Waals surface area contributed by atoms with Crippen LogP contribution in [0.3, 0.4) is 0 Å². The first-order chi connectivity index (χ1) is 27.0. The minimum absolute atomic E-state index is 0.230. The second-order valence-corrected chi connectivity index (χ2v) is 15.2. The third-order valence-corrected chi connectivity index (χ3v) is 11.7. The molecule has 10 aromatic rings. The Kier molecular flexibility index (Phi) is 6.90. The van der Waals surface area contributed by atoms with Crippen LogP contribution in [0, 0.1) is 0 Å². The summed E-state index contributed by atoms with van der Waals surface area (Å²) >= 11 is 0. The summed E-state index contributed by atoms with van der Waals surface area (Å²) < 4.78 is 0. The number of fused-ring (bicyclic) bond motifs is 3. The minimum atomic E-state index is -0.230. The molecule has 1 heterocycles. The van der Waals surface area contributed by atoms with Gasteiger partial charge in [0.1, 0.15) is 0 Å². The van der Waals surface area contributed by atoms with E-state index in [4.69, 9.17) is 15.0 Å². The lowest BCUT2D eigenvalue weighted by molar-refractivity contribution is 0.660. The van der Waals surface area contributed by atoms with E-state index >= 15 is 0 Å². The number of aromatic nitrogens is 3. The Morgan fingerprint density at radius 2 is 0.873 bits per heavy atom. The molecule has 0 atom stereocenters. The molecule has 0 amide bonds. The lowest BCUT2D eigenvalue weighted by Gasteiger charge is -2.22. The highest BCUT2D eigenvalue weighted by atomic mass is 15.0. The summed E-state index contributed by atoms with van der Waals surface area (Å²) in [7, 11) is 0. The molecule has 0 saturated heterocycles. The van der Waals surface area contributed by atoms with Crippen LogP contribution in [-0.4, -0.2) is 15.0 Å². The van der Waals surface area contributed by atoms with Crippen molar-refractivity contribution in [3.8, 4) is 67.5 Å². The normalized spacial score (nSPS) is 13.1. The van der Waals surface area contributed by atoms with Crippen LogP contribution < -0.4 is 0 Å². The van der Waals surface area contributed by atoms with Crippen LogP contribution in [0.5, 0.6) is 0 Å². The van der Waals surface area contributed by atoms with Gasteiger partial charge in [-0.3, -0.25) is 0 Å². The largest absolute Gasteiger partial charge is 0.208 e. The molecule has 1 aliphatic carbocycles. The zero-order valence-corrected chi connectivity index (χ0v) is 30.6. The van der Waals surface area contributed by atoms with Crippen molar-refractivity contribution in [1.29, 1.82) is 0 Å². The van der Waals surface area contributed by atoms with Crippen molar-refractivity contribution >= 4 is 32.3 Å². The van der Waals surface area contributed by atoms with Gasteiger partial charge in [-0.1, -0.05) is 184 Å². The molecule has 55 heavy (non-hydrogen) atoms. The van der Waals surface area contributed by atoms with Crippen molar-refractivity contribution in [1.82, 2.24) is 15.0 Å². The standard InChI is InChI=1S/C52H35N3/c1-52(2)44-18-10-17-43(51-54-49(37-13-7-4-8-14-37)53-50(55-51)38-23-19-33(20-24-38)32-11-5-3-6-12-32)48(44)42-30-27-39(31-45(42)52)40-28-25-36-22-21-34-15-9-16-35-26-29-41(40)47(36)46(34)35/h3-31H,1-2H3. The quantitative estimate of drug-likeness (QED) is 0.168. The molecule has 3 heteroatoms. The van der Waals surface area contributed by atoms with E-state index in [9.17, 15) is 0 Å². The summed E-state index contributed by atoms with van der Waals surface area (Å²) in [6.45, 7) is 4.69. The van der Waals surface area contributed by atoms with E-state index in [0.29, 0.717) is 17.5 Å². The summed E-state index contributed by atoms with van der Waals surface area (Å²) in [5.41, 5.74) is 12.5. The van der Waals surface area contributed by atoms with Crippen molar-refractivity contribution in [2.24, 2.45) is 0 Å². The van der Waals surface area contributed by atoms with Crippen LogP contribution in [0.1, 0.15) is 25.0 Å². The molecular formula is C52H35N3. The third kappa shape index (κ3) is 4.93. The van der Waals surface area contributed by atoms with Gasteiger partial charge in [-0.2, -0.15) is 0 Å². The van der Waals surface area contributed by atoms with E-state index in [-0.39, 0.29) is 5.41 Å². The van der Waals surface area contributed by atoms with Crippen LogP contribution in [0.25, 0.3) is 99.9 Å². The SMILES string of the molecule is CC1(C)c2cc(-c3ccc4ccc5cccc6ccc3c4c56)ccc2-c2c(-c3nc(-c4ccccc4)nc(-c4ccc(-c5ccccc5)cc4)n3)cccc21. The molecule has 1 aliphatic rings. The highest BCUT2D eigenvalue weighted by molar-refractivity contribution is 6.25. The fraction of sp³-hybridized carbons (Fsp3) is 0.0577. The van der Waals surface area contributed by atoms with Gasteiger partial charge in [0.2, 0.25) is 0 Å². The molecule has 0 saturated carbocycles. The van der Waals surface area contributed by atoms with Crippen molar-refractivity contribution in [2.75, 3.05) is 0 Å². The van der Waals surface area contributed by atoms with E-state index in [2.05, 4.69) is 166 Å². The summed E-state index contributed by atoms with van der Waals surface area (Å²) in [4.78, 5) is 15.4. The predicted molar refractivity (Wildman–Crippen MR) is 228 cm³/mol. The number of hydrogen-bond donors (Lipinski definition) is 0. The topological polar surface area (TPSA) is 38.7 Å². The molecule has 3 nitrogen and oxygen atoms in total.